The van der Waals surface area contributed by atoms with E-state index in [-0.39, 0.29) is 29.9 Å². The summed E-state index contributed by atoms with van der Waals surface area (Å²) in [5.74, 6) is 3.37. The molecule has 0 saturated carbocycles. The maximum absolute atomic E-state index is 11.5. The number of oxazole rings is 1. The molecule has 0 bridgehead atoms. The Morgan fingerprint density at radius 2 is 1.78 bits per heavy atom. The van der Waals surface area contributed by atoms with Crippen LogP contribution in [0.2, 0.25) is 0 Å². The lowest BCUT2D eigenvalue weighted by Gasteiger charge is -2.33. The van der Waals surface area contributed by atoms with Gasteiger partial charge in [-0.05, 0) is 58.5 Å². The van der Waals surface area contributed by atoms with Crippen LogP contribution in [0.25, 0.3) is 0 Å². The van der Waals surface area contributed by atoms with Crippen LogP contribution in [0.15, 0.2) is 9.41 Å². The van der Waals surface area contributed by atoms with Gasteiger partial charge in [-0.15, -0.1) is 24.0 Å². The Morgan fingerprint density at radius 3 is 2.34 bits per heavy atom. The predicted octanol–water partition coefficient (Wildman–Crippen LogP) is 1.50. The monoisotopic (exact) mass is 561 g/mol. The number of halogens is 1. The summed E-state index contributed by atoms with van der Waals surface area (Å²) in [6.45, 7) is 10.2. The summed E-state index contributed by atoms with van der Waals surface area (Å²) in [5.41, 5.74) is 0.991. The number of guanidine groups is 1. The minimum atomic E-state index is 0. The van der Waals surface area contributed by atoms with Crippen molar-refractivity contribution in [2.45, 2.75) is 52.1 Å². The lowest BCUT2D eigenvalue weighted by Crippen LogP contribution is -2.50. The number of aliphatic imine (C=N–C) groups is 1. The van der Waals surface area contributed by atoms with E-state index >= 15 is 0 Å². The Morgan fingerprint density at radius 1 is 1.12 bits per heavy atom. The molecular weight excluding hydrogens is 521 g/mol. The standard InChI is InChI=1S/C22H39N7O2.HI/c1-16-17(2)31-21(26-16)15-29-9-5-18(6-10-29)13-25-22(24-4)27-19-7-11-28(12-8-19)14-20(30)23-3;/h18-19H,5-15H2,1-4H3,(H,23,30)(H2,24,25,27);1H. The van der Waals surface area contributed by atoms with Gasteiger partial charge in [-0.2, -0.15) is 0 Å². The van der Waals surface area contributed by atoms with Gasteiger partial charge >= 0.3 is 0 Å². The summed E-state index contributed by atoms with van der Waals surface area (Å²) >= 11 is 0. The van der Waals surface area contributed by atoms with Crippen molar-refractivity contribution in [1.82, 2.24) is 30.7 Å². The number of amides is 1. The van der Waals surface area contributed by atoms with Gasteiger partial charge in [-0.25, -0.2) is 4.98 Å². The van der Waals surface area contributed by atoms with E-state index in [0.29, 0.717) is 18.5 Å². The SMILES string of the molecule is CN=C(NCC1CCN(Cc2nc(C)c(C)o2)CC1)NC1CCN(CC(=O)NC)CC1.I. The summed E-state index contributed by atoms with van der Waals surface area (Å²) in [5, 5.41) is 9.78. The molecule has 1 amide bonds. The molecule has 0 unspecified atom stereocenters. The first kappa shape index (κ1) is 26.8. The van der Waals surface area contributed by atoms with Crippen LogP contribution in [0.1, 0.15) is 43.0 Å². The van der Waals surface area contributed by atoms with Gasteiger partial charge in [-0.1, -0.05) is 0 Å². The first-order chi connectivity index (χ1) is 15.0. The Labute approximate surface area is 209 Å². The van der Waals surface area contributed by atoms with Gasteiger partial charge in [0.1, 0.15) is 5.76 Å². The third-order valence-electron chi connectivity index (χ3n) is 6.50. The number of nitrogens with zero attached hydrogens (tertiary/aromatic N) is 4. The van der Waals surface area contributed by atoms with Crippen molar-refractivity contribution in [2.24, 2.45) is 10.9 Å². The largest absolute Gasteiger partial charge is 0.444 e. The van der Waals surface area contributed by atoms with Gasteiger partial charge in [0.05, 0.1) is 18.8 Å². The number of hydrogen-bond acceptors (Lipinski definition) is 6. The van der Waals surface area contributed by atoms with E-state index < -0.39 is 0 Å². The van der Waals surface area contributed by atoms with Crippen molar-refractivity contribution >= 4 is 35.8 Å². The highest BCUT2D eigenvalue weighted by atomic mass is 127. The van der Waals surface area contributed by atoms with Gasteiger partial charge in [0, 0.05) is 39.8 Å². The average molecular weight is 562 g/mol. The van der Waals surface area contributed by atoms with Gasteiger partial charge in [0.2, 0.25) is 11.8 Å². The second kappa shape index (κ2) is 13.3. The van der Waals surface area contributed by atoms with Crippen LogP contribution in [0.5, 0.6) is 0 Å². The van der Waals surface area contributed by atoms with Crippen molar-refractivity contribution in [2.75, 3.05) is 53.4 Å². The fourth-order valence-electron chi connectivity index (χ4n) is 4.29. The molecule has 1 aromatic rings. The maximum atomic E-state index is 11.5. The number of piperidine rings is 2. The minimum Gasteiger partial charge on any atom is -0.444 e. The molecule has 0 aromatic carbocycles. The molecule has 0 aliphatic carbocycles. The Hall–Kier alpha value is -1.40. The number of carbonyl (C=O) groups excluding carboxylic acids is 1. The van der Waals surface area contributed by atoms with E-state index in [1.807, 2.05) is 20.9 Å². The quantitative estimate of drug-likeness (QED) is 0.264. The van der Waals surface area contributed by atoms with Crippen molar-refractivity contribution < 1.29 is 9.21 Å². The van der Waals surface area contributed by atoms with Gasteiger partial charge < -0.3 is 20.4 Å². The third-order valence-corrected chi connectivity index (χ3v) is 6.50. The van der Waals surface area contributed by atoms with E-state index in [1.54, 1.807) is 7.05 Å². The Bertz CT molecular complexity index is 719. The smallest absolute Gasteiger partial charge is 0.233 e. The number of likely N-dealkylation sites (tertiary alicyclic amines) is 2. The van der Waals surface area contributed by atoms with E-state index in [4.69, 9.17) is 4.42 Å². The van der Waals surface area contributed by atoms with Crippen molar-refractivity contribution in [1.29, 1.82) is 0 Å². The molecule has 2 fully saturated rings. The summed E-state index contributed by atoms with van der Waals surface area (Å²) in [6, 6.07) is 0.404. The highest BCUT2D eigenvalue weighted by Crippen LogP contribution is 2.19. The van der Waals surface area contributed by atoms with Crippen molar-refractivity contribution in [3.63, 3.8) is 0 Å². The minimum absolute atomic E-state index is 0. The molecule has 0 spiro atoms. The summed E-state index contributed by atoms with van der Waals surface area (Å²) in [6.07, 6.45) is 4.38. The number of hydrogen-bond donors (Lipinski definition) is 3. The van der Waals surface area contributed by atoms with Crippen LogP contribution < -0.4 is 16.0 Å². The summed E-state index contributed by atoms with van der Waals surface area (Å²) in [7, 11) is 3.52. The topological polar surface area (TPSA) is 98.0 Å². The number of rotatable bonds is 7. The fraction of sp³-hybridized carbons (Fsp3) is 0.773. The van der Waals surface area contributed by atoms with Gasteiger partial charge in [0.15, 0.2) is 5.96 Å². The number of carbonyl (C=O) groups is 1. The zero-order valence-corrected chi connectivity index (χ0v) is 22.3. The maximum Gasteiger partial charge on any atom is 0.233 e. The Kier molecular flexibility index (Phi) is 11.2. The van der Waals surface area contributed by atoms with Crippen molar-refractivity contribution in [3.05, 3.63) is 17.3 Å². The van der Waals surface area contributed by atoms with Gasteiger partial charge in [0.25, 0.3) is 0 Å². The number of nitrogens with one attached hydrogen (secondary N) is 3. The number of aromatic nitrogens is 1. The van der Waals surface area contributed by atoms with Crippen LogP contribution in [0.4, 0.5) is 0 Å². The molecule has 2 aliphatic heterocycles. The third kappa shape index (κ3) is 8.18. The molecule has 182 valence electrons. The predicted molar refractivity (Wildman–Crippen MR) is 137 cm³/mol. The Balaban J connectivity index is 0.00000363. The van der Waals surface area contributed by atoms with Crippen LogP contribution in [-0.2, 0) is 11.3 Å². The molecule has 0 radical (unpaired) electrons. The van der Waals surface area contributed by atoms with E-state index in [9.17, 15) is 4.79 Å². The number of likely N-dealkylation sites (N-methyl/N-ethyl adjacent to an activating group) is 1. The molecule has 9 nitrogen and oxygen atoms in total. The van der Waals surface area contributed by atoms with E-state index in [1.165, 1.54) is 12.8 Å². The average Bonchev–Trinajstić information content (AvgIpc) is 3.09. The van der Waals surface area contributed by atoms with E-state index in [2.05, 4.69) is 35.7 Å². The normalized spacial score (nSPS) is 19.4. The first-order valence-corrected chi connectivity index (χ1v) is 11.5. The fourth-order valence-corrected chi connectivity index (χ4v) is 4.29. The molecule has 0 atom stereocenters. The highest BCUT2D eigenvalue weighted by molar-refractivity contribution is 14.0. The molecule has 3 heterocycles. The molecule has 2 aliphatic rings. The van der Waals surface area contributed by atoms with Crippen LogP contribution >= 0.6 is 24.0 Å². The molecule has 32 heavy (non-hydrogen) atoms. The lowest BCUT2D eigenvalue weighted by atomic mass is 9.97. The first-order valence-electron chi connectivity index (χ1n) is 11.5. The second-order valence-corrected chi connectivity index (χ2v) is 8.79. The van der Waals surface area contributed by atoms with Crippen molar-refractivity contribution in [3.8, 4) is 0 Å². The lowest BCUT2D eigenvalue weighted by molar-refractivity contribution is -0.122. The van der Waals surface area contributed by atoms with E-state index in [0.717, 1.165) is 75.4 Å². The van der Waals surface area contributed by atoms with Crippen LogP contribution in [0, 0.1) is 19.8 Å². The molecular formula is C22H40IN7O2. The molecule has 3 rings (SSSR count). The summed E-state index contributed by atoms with van der Waals surface area (Å²) < 4.78 is 5.73. The zero-order chi connectivity index (χ0) is 22.2. The summed E-state index contributed by atoms with van der Waals surface area (Å²) in [4.78, 5) is 25.1. The van der Waals surface area contributed by atoms with Gasteiger partial charge in [-0.3, -0.25) is 19.6 Å². The molecule has 3 N–H and O–H groups in total. The van der Waals surface area contributed by atoms with Crippen LogP contribution in [0.3, 0.4) is 0 Å². The highest BCUT2D eigenvalue weighted by Gasteiger charge is 2.23. The second-order valence-electron chi connectivity index (χ2n) is 8.79. The number of aryl methyl sites for hydroxylation is 2. The molecule has 1 aromatic heterocycles. The molecule has 10 heteroatoms. The zero-order valence-electron chi connectivity index (χ0n) is 19.9. The van der Waals surface area contributed by atoms with Crippen LogP contribution in [-0.4, -0.2) is 86.1 Å². The molecule has 2 saturated heterocycles.